The summed E-state index contributed by atoms with van der Waals surface area (Å²) in [6.07, 6.45) is 3.81. The first-order valence-corrected chi connectivity index (χ1v) is 9.16. The van der Waals surface area contributed by atoms with E-state index in [0.29, 0.717) is 11.6 Å². The molecule has 0 spiro atoms. The Morgan fingerprint density at radius 3 is 2.58 bits per heavy atom. The number of hydrogen-bond donors (Lipinski definition) is 2. The van der Waals surface area contributed by atoms with E-state index in [9.17, 15) is 12.6 Å². The van der Waals surface area contributed by atoms with E-state index >= 15 is 0 Å². The predicted molar refractivity (Wildman–Crippen MR) is 77.1 cm³/mol. The van der Waals surface area contributed by atoms with E-state index in [1.807, 2.05) is 6.92 Å². The molecule has 0 fully saturated rings. The number of aromatic nitrogens is 1. The zero-order valence-electron chi connectivity index (χ0n) is 11.0. The smallest absolute Gasteiger partial charge is 0.242 e. The highest BCUT2D eigenvalue weighted by atomic mass is 32.2. The number of nitrogens with zero attached hydrogens (tertiary/aromatic N) is 1. The zero-order chi connectivity index (χ0) is 14.3. The van der Waals surface area contributed by atoms with Crippen LogP contribution in [0, 0.1) is 0 Å². The maximum atomic E-state index is 11.9. The minimum Gasteiger partial charge on any atom is -0.370 e. The Morgan fingerprint density at radius 1 is 1.32 bits per heavy atom. The maximum absolute atomic E-state index is 11.9. The standard InChI is InChI=1S/C11H19N3O3S2/c1-3-6-12-11-5-4-10(9-13-11)19(16,17)14-7-8-18(2)15/h4-5,9,14H,3,6-8H2,1-2H3,(H,12,13). The van der Waals surface area contributed by atoms with E-state index in [1.54, 1.807) is 6.07 Å². The van der Waals surface area contributed by atoms with Crippen LogP contribution in [-0.4, -0.2) is 42.7 Å². The van der Waals surface area contributed by atoms with Gasteiger partial charge < -0.3 is 5.32 Å². The Morgan fingerprint density at radius 2 is 2.05 bits per heavy atom. The molecule has 0 bridgehead atoms. The van der Waals surface area contributed by atoms with Crippen LogP contribution in [0.4, 0.5) is 5.82 Å². The van der Waals surface area contributed by atoms with Gasteiger partial charge in [-0.3, -0.25) is 4.21 Å². The second-order valence-corrected chi connectivity index (χ2v) is 7.30. The molecule has 0 aliphatic heterocycles. The summed E-state index contributed by atoms with van der Waals surface area (Å²) < 4.78 is 37.0. The van der Waals surface area contributed by atoms with E-state index < -0.39 is 20.8 Å². The molecule has 0 aliphatic rings. The number of hydrogen-bond acceptors (Lipinski definition) is 5. The molecule has 6 nitrogen and oxygen atoms in total. The third kappa shape index (κ3) is 5.66. The predicted octanol–water partition coefficient (Wildman–Crippen LogP) is 0.560. The fourth-order valence-electron chi connectivity index (χ4n) is 1.30. The van der Waals surface area contributed by atoms with Gasteiger partial charge in [0.1, 0.15) is 10.7 Å². The van der Waals surface area contributed by atoms with Gasteiger partial charge in [0.05, 0.1) is 0 Å². The van der Waals surface area contributed by atoms with E-state index in [2.05, 4.69) is 15.0 Å². The fraction of sp³-hybridized carbons (Fsp3) is 0.545. The van der Waals surface area contributed by atoms with Gasteiger partial charge in [0.15, 0.2) is 0 Å². The number of rotatable bonds is 8. The van der Waals surface area contributed by atoms with Gasteiger partial charge in [0, 0.05) is 42.1 Å². The molecule has 1 unspecified atom stereocenters. The summed E-state index contributed by atoms with van der Waals surface area (Å²) in [6, 6.07) is 3.12. The lowest BCUT2D eigenvalue weighted by atomic mass is 10.4. The summed E-state index contributed by atoms with van der Waals surface area (Å²) in [5, 5.41) is 3.06. The van der Waals surface area contributed by atoms with Crippen LogP contribution in [0.25, 0.3) is 0 Å². The van der Waals surface area contributed by atoms with Gasteiger partial charge >= 0.3 is 0 Å². The third-order valence-corrected chi connectivity index (χ3v) is 4.51. The molecular formula is C11H19N3O3S2. The molecule has 1 rings (SSSR count). The van der Waals surface area contributed by atoms with Gasteiger partial charge in [0.2, 0.25) is 10.0 Å². The van der Waals surface area contributed by atoms with Crippen molar-refractivity contribution in [3.63, 3.8) is 0 Å². The quantitative estimate of drug-likeness (QED) is 0.733. The van der Waals surface area contributed by atoms with Gasteiger partial charge in [0.25, 0.3) is 0 Å². The van der Waals surface area contributed by atoms with Crippen molar-refractivity contribution < 1.29 is 12.6 Å². The van der Waals surface area contributed by atoms with Crippen LogP contribution in [-0.2, 0) is 20.8 Å². The number of anilines is 1. The topological polar surface area (TPSA) is 88.2 Å². The summed E-state index contributed by atoms with van der Waals surface area (Å²) in [5.41, 5.74) is 0. The Balaban J connectivity index is 2.65. The Bertz CT molecular complexity index is 514. The van der Waals surface area contributed by atoms with Crippen molar-refractivity contribution in [2.75, 3.05) is 30.4 Å². The van der Waals surface area contributed by atoms with Crippen molar-refractivity contribution in [3.8, 4) is 0 Å². The Hall–Kier alpha value is -0.990. The third-order valence-electron chi connectivity index (χ3n) is 2.28. The molecule has 19 heavy (non-hydrogen) atoms. The Kier molecular flexibility index (Phi) is 6.40. The van der Waals surface area contributed by atoms with Crippen molar-refractivity contribution in [1.29, 1.82) is 0 Å². The second kappa shape index (κ2) is 7.56. The maximum Gasteiger partial charge on any atom is 0.242 e. The van der Waals surface area contributed by atoms with Crippen LogP contribution in [0.15, 0.2) is 23.2 Å². The molecule has 0 aromatic carbocycles. The molecule has 0 saturated carbocycles. The van der Waals surface area contributed by atoms with Crippen molar-refractivity contribution >= 4 is 26.6 Å². The van der Waals surface area contributed by atoms with Gasteiger partial charge in [-0.15, -0.1) is 0 Å². The minimum absolute atomic E-state index is 0.108. The summed E-state index contributed by atoms with van der Waals surface area (Å²) >= 11 is 0. The second-order valence-electron chi connectivity index (χ2n) is 3.98. The zero-order valence-corrected chi connectivity index (χ0v) is 12.7. The monoisotopic (exact) mass is 305 g/mol. The first-order valence-electron chi connectivity index (χ1n) is 5.95. The molecule has 1 heterocycles. The van der Waals surface area contributed by atoms with Gasteiger partial charge in [-0.05, 0) is 18.6 Å². The van der Waals surface area contributed by atoms with Crippen molar-refractivity contribution in [3.05, 3.63) is 18.3 Å². The number of nitrogens with one attached hydrogen (secondary N) is 2. The van der Waals surface area contributed by atoms with E-state index in [0.717, 1.165) is 13.0 Å². The highest BCUT2D eigenvalue weighted by Crippen LogP contribution is 2.10. The number of sulfonamides is 1. The van der Waals surface area contributed by atoms with Crippen LogP contribution >= 0.6 is 0 Å². The molecule has 1 atom stereocenters. The first-order chi connectivity index (χ1) is 8.95. The largest absolute Gasteiger partial charge is 0.370 e. The lowest BCUT2D eigenvalue weighted by Crippen LogP contribution is -2.27. The SMILES string of the molecule is CCCNc1ccc(S(=O)(=O)NCCS(C)=O)cn1. The van der Waals surface area contributed by atoms with Crippen molar-refractivity contribution in [2.45, 2.75) is 18.2 Å². The molecule has 1 aromatic rings. The van der Waals surface area contributed by atoms with Crippen LogP contribution in [0.5, 0.6) is 0 Å². The molecule has 8 heteroatoms. The van der Waals surface area contributed by atoms with E-state index in [1.165, 1.54) is 18.5 Å². The van der Waals surface area contributed by atoms with Crippen LogP contribution < -0.4 is 10.0 Å². The van der Waals surface area contributed by atoms with Crippen molar-refractivity contribution in [1.82, 2.24) is 9.71 Å². The highest BCUT2D eigenvalue weighted by molar-refractivity contribution is 7.89. The minimum atomic E-state index is -3.57. The van der Waals surface area contributed by atoms with Crippen LogP contribution in [0.3, 0.4) is 0 Å². The van der Waals surface area contributed by atoms with Gasteiger partial charge in [-0.2, -0.15) is 0 Å². The van der Waals surface area contributed by atoms with Gasteiger partial charge in [-0.1, -0.05) is 6.92 Å². The summed E-state index contributed by atoms with van der Waals surface area (Å²) in [6.45, 7) is 2.98. The van der Waals surface area contributed by atoms with Crippen LogP contribution in [0.1, 0.15) is 13.3 Å². The average molecular weight is 305 g/mol. The molecule has 0 radical (unpaired) electrons. The molecule has 0 amide bonds. The summed E-state index contributed by atoms with van der Waals surface area (Å²) in [4.78, 5) is 4.14. The lowest BCUT2D eigenvalue weighted by molar-refractivity contribution is 0.583. The molecule has 108 valence electrons. The van der Waals surface area contributed by atoms with Crippen LogP contribution in [0.2, 0.25) is 0 Å². The molecule has 1 aromatic heterocycles. The van der Waals surface area contributed by atoms with E-state index in [-0.39, 0.29) is 11.4 Å². The molecular weight excluding hydrogens is 286 g/mol. The summed E-state index contributed by atoms with van der Waals surface area (Å²) in [7, 11) is -4.58. The first kappa shape index (κ1) is 16.1. The van der Waals surface area contributed by atoms with Gasteiger partial charge in [-0.25, -0.2) is 18.1 Å². The normalized spacial score (nSPS) is 13.2. The Labute approximate surface area is 116 Å². The van der Waals surface area contributed by atoms with E-state index in [4.69, 9.17) is 0 Å². The fourth-order valence-corrected chi connectivity index (χ4v) is 2.79. The molecule has 0 aliphatic carbocycles. The van der Waals surface area contributed by atoms with Crippen molar-refractivity contribution in [2.24, 2.45) is 0 Å². The number of pyridine rings is 1. The lowest BCUT2D eigenvalue weighted by Gasteiger charge is -2.07. The highest BCUT2D eigenvalue weighted by Gasteiger charge is 2.13. The summed E-state index contributed by atoms with van der Waals surface area (Å²) in [5.74, 6) is 0.943. The molecule has 0 saturated heterocycles. The average Bonchev–Trinajstić information content (AvgIpc) is 2.36. The molecule has 2 N–H and O–H groups in total.